The van der Waals surface area contributed by atoms with Gasteiger partial charge in [-0.2, -0.15) is 0 Å². The smallest absolute Gasteiger partial charge is 0.307 e. The minimum absolute atomic E-state index is 0.205. The highest BCUT2D eigenvalue weighted by Crippen LogP contribution is 2.40. The van der Waals surface area contributed by atoms with Crippen LogP contribution in [0.25, 0.3) is 0 Å². The van der Waals surface area contributed by atoms with Crippen molar-refractivity contribution in [3.63, 3.8) is 0 Å². The van der Waals surface area contributed by atoms with Crippen molar-refractivity contribution < 1.29 is 19.4 Å². The normalized spacial score (nSPS) is 24.5. The largest absolute Gasteiger partial charge is 0.481 e. The predicted octanol–water partition coefficient (Wildman–Crippen LogP) is 1.18. The third-order valence-corrected chi connectivity index (χ3v) is 3.96. The molecule has 2 N–H and O–H groups in total. The second-order valence-corrected chi connectivity index (χ2v) is 5.39. The van der Waals surface area contributed by atoms with Crippen molar-refractivity contribution in [2.45, 2.75) is 6.42 Å². The van der Waals surface area contributed by atoms with Crippen LogP contribution in [0.4, 0.5) is 11.4 Å². The summed E-state index contributed by atoms with van der Waals surface area (Å²) in [6.07, 6.45) is 0.431. The highest BCUT2D eigenvalue weighted by atomic mass is 16.5. The summed E-state index contributed by atoms with van der Waals surface area (Å²) in [6.45, 7) is 2.92. The SMILES string of the molecule is O=C(O)C1CC1C(=O)Nc1ccccc1N1CCOCC1. The number of carbonyl (C=O) groups is 2. The van der Waals surface area contributed by atoms with Crippen molar-refractivity contribution in [3.8, 4) is 0 Å². The fourth-order valence-electron chi connectivity index (χ4n) is 2.64. The summed E-state index contributed by atoms with van der Waals surface area (Å²) in [5, 5.41) is 11.8. The van der Waals surface area contributed by atoms with Crippen LogP contribution in [0.2, 0.25) is 0 Å². The zero-order valence-electron chi connectivity index (χ0n) is 11.6. The van der Waals surface area contributed by atoms with Crippen LogP contribution in [0.15, 0.2) is 24.3 Å². The van der Waals surface area contributed by atoms with Gasteiger partial charge in [0.15, 0.2) is 0 Å². The number of carbonyl (C=O) groups excluding carboxylic acids is 1. The summed E-state index contributed by atoms with van der Waals surface area (Å²) in [4.78, 5) is 25.1. The lowest BCUT2D eigenvalue weighted by molar-refractivity contribution is -0.139. The number of morpholine rings is 1. The number of carboxylic acids is 1. The first kappa shape index (κ1) is 13.9. The molecule has 0 aromatic heterocycles. The van der Waals surface area contributed by atoms with Gasteiger partial charge >= 0.3 is 5.97 Å². The van der Waals surface area contributed by atoms with Gasteiger partial charge in [-0.25, -0.2) is 0 Å². The number of aliphatic carboxylic acids is 1. The lowest BCUT2D eigenvalue weighted by Crippen LogP contribution is -2.36. The Morgan fingerprint density at radius 3 is 2.57 bits per heavy atom. The minimum Gasteiger partial charge on any atom is -0.481 e. The Morgan fingerprint density at radius 2 is 1.90 bits per heavy atom. The van der Waals surface area contributed by atoms with Gasteiger partial charge < -0.3 is 20.1 Å². The summed E-state index contributed by atoms with van der Waals surface area (Å²) < 4.78 is 5.34. The summed E-state index contributed by atoms with van der Waals surface area (Å²) in [6, 6.07) is 7.60. The van der Waals surface area contributed by atoms with Gasteiger partial charge in [0.2, 0.25) is 5.91 Å². The van der Waals surface area contributed by atoms with E-state index in [4.69, 9.17) is 9.84 Å². The third-order valence-electron chi connectivity index (χ3n) is 3.96. The van der Waals surface area contributed by atoms with Crippen LogP contribution in [0.3, 0.4) is 0 Å². The van der Waals surface area contributed by atoms with Crippen molar-refractivity contribution >= 4 is 23.3 Å². The number of amides is 1. The summed E-state index contributed by atoms with van der Waals surface area (Å²) in [5.74, 6) is -2.03. The Balaban J connectivity index is 1.70. The number of ether oxygens (including phenoxy) is 1. The monoisotopic (exact) mass is 290 g/mol. The lowest BCUT2D eigenvalue weighted by atomic mass is 10.2. The minimum atomic E-state index is -0.892. The molecule has 3 rings (SSSR count). The van der Waals surface area contributed by atoms with Crippen molar-refractivity contribution in [2.75, 3.05) is 36.5 Å². The molecule has 1 aromatic rings. The van der Waals surface area contributed by atoms with E-state index in [0.29, 0.717) is 19.6 Å². The molecule has 112 valence electrons. The van der Waals surface area contributed by atoms with Gasteiger partial charge in [-0.3, -0.25) is 9.59 Å². The Kier molecular flexibility index (Phi) is 3.79. The molecule has 1 aliphatic carbocycles. The number of hydrogen-bond acceptors (Lipinski definition) is 4. The Labute approximate surface area is 122 Å². The fraction of sp³-hybridized carbons (Fsp3) is 0.467. The first-order valence-electron chi connectivity index (χ1n) is 7.12. The average molecular weight is 290 g/mol. The molecule has 1 heterocycles. The maximum absolute atomic E-state index is 12.1. The van der Waals surface area contributed by atoms with E-state index in [1.165, 1.54) is 0 Å². The van der Waals surface area contributed by atoms with Crippen LogP contribution in [-0.4, -0.2) is 43.3 Å². The van der Waals surface area contributed by atoms with Gasteiger partial charge in [-0.05, 0) is 18.6 Å². The molecule has 1 saturated carbocycles. The number of carboxylic acid groups (broad SMARTS) is 1. The highest BCUT2D eigenvalue weighted by Gasteiger charge is 2.48. The molecule has 6 nitrogen and oxygen atoms in total. The third kappa shape index (κ3) is 3.00. The fourth-order valence-corrected chi connectivity index (χ4v) is 2.64. The molecule has 0 radical (unpaired) electrons. The molecule has 2 fully saturated rings. The molecule has 0 bridgehead atoms. The Hall–Kier alpha value is -2.08. The maximum Gasteiger partial charge on any atom is 0.307 e. The summed E-state index contributed by atoms with van der Waals surface area (Å²) >= 11 is 0. The predicted molar refractivity (Wildman–Crippen MR) is 77.3 cm³/mol. The quantitative estimate of drug-likeness (QED) is 0.870. The van der Waals surface area contributed by atoms with Crippen molar-refractivity contribution in [1.29, 1.82) is 0 Å². The van der Waals surface area contributed by atoms with Crippen LogP contribution >= 0.6 is 0 Å². The average Bonchev–Trinajstić information content (AvgIpc) is 3.29. The number of rotatable bonds is 4. The topological polar surface area (TPSA) is 78.9 Å². The van der Waals surface area contributed by atoms with Crippen LogP contribution in [-0.2, 0) is 14.3 Å². The molecule has 2 aliphatic rings. The van der Waals surface area contributed by atoms with Crippen molar-refractivity contribution in [1.82, 2.24) is 0 Å². The van der Waals surface area contributed by atoms with Crippen LogP contribution in [0.5, 0.6) is 0 Å². The number of nitrogens with one attached hydrogen (secondary N) is 1. The van der Waals surface area contributed by atoms with Crippen LogP contribution < -0.4 is 10.2 Å². The molecule has 2 unspecified atom stereocenters. The van der Waals surface area contributed by atoms with Gasteiger partial charge in [0.1, 0.15) is 0 Å². The Morgan fingerprint density at radius 1 is 1.19 bits per heavy atom. The summed E-state index contributed by atoms with van der Waals surface area (Å²) in [5.41, 5.74) is 1.70. The molecule has 1 aromatic carbocycles. The van der Waals surface area contributed by atoms with E-state index in [0.717, 1.165) is 24.5 Å². The molecule has 0 spiro atoms. The number of para-hydroxylation sites is 2. The van der Waals surface area contributed by atoms with Crippen LogP contribution in [0, 0.1) is 11.8 Å². The van der Waals surface area contributed by atoms with E-state index in [1.807, 2.05) is 24.3 Å². The molecule has 2 atom stereocenters. The zero-order valence-corrected chi connectivity index (χ0v) is 11.6. The highest BCUT2D eigenvalue weighted by molar-refractivity contribution is 6.00. The van der Waals surface area contributed by atoms with Gasteiger partial charge in [0.05, 0.1) is 36.4 Å². The van der Waals surface area contributed by atoms with Gasteiger partial charge in [-0.1, -0.05) is 12.1 Å². The van der Waals surface area contributed by atoms with Crippen LogP contribution in [0.1, 0.15) is 6.42 Å². The maximum atomic E-state index is 12.1. The zero-order chi connectivity index (χ0) is 14.8. The van der Waals surface area contributed by atoms with E-state index >= 15 is 0 Å². The standard InChI is InChI=1S/C15H18N2O4/c18-14(10-9-11(10)15(19)20)16-12-3-1-2-4-13(12)17-5-7-21-8-6-17/h1-4,10-11H,5-9H2,(H,16,18)(H,19,20). The molecule has 1 saturated heterocycles. The number of nitrogens with zero attached hydrogens (tertiary/aromatic N) is 1. The van der Waals surface area contributed by atoms with Gasteiger partial charge in [-0.15, -0.1) is 0 Å². The first-order chi connectivity index (χ1) is 10.2. The first-order valence-corrected chi connectivity index (χ1v) is 7.12. The van der Waals surface area contributed by atoms with Crippen molar-refractivity contribution in [2.24, 2.45) is 11.8 Å². The molecule has 21 heavy (non-hydrogen) atoms. The lowest BCUT2D eigenvalue weighted by Gasteiger charge is -2.30. The van der Waals surface area contributed by atoms with E-state index < -0.39 is 17.8 Å². The summed E-state index contributed by atoms with van der Waals surface area (Å²) in [7, 11) is 0. The number of benzene rings is 1. The van der Waals surface area contributed by atoms with Gasteiger partial charge in [0.25, 0.3) is 0 Å². The number of anilines is 2. The van der Waals surface area contributed by atoms with Crippen molar-refractivity contribution in [3.05, 3.63) is 24.3 Å². The molecular weight excluding hydrogens is 272 g/mol. The molecular formula is C15H18N2O4. The molecule has 6 heteroatoms. The van der Waals surface area contributed by atoms with Gasteiger partial charge in [0, 0.05) is 13.1 Å². The molecule has 1 aliphatic heterocycles. The van der Waals surface area contributed by atoms with E-state index in [9.17, 15) is 9.59 Å². The van der Waals surface area contributed by atoms with E-state index in [2.05, 4.69) is 10.2 Å². The van der Waals surface area contributed by atoms with E-state index in [1.54, 1.807) is 0 Å². The Bertz CT molecular complexity index is 554. The molecule has 1 amide bonds. The second-order valence-electron chi connectivity index (χ2n) is 5.39. The number of hydrogen-bond donors (Lipinski definition) is 2. The second kappa shape index (κ2) is 5.73. The van der Waals surface area contributed by atoms with E-state index in [-0.39, 0.29) is 5.91 Å².